The molecule has 1 saturated carbocycles. The van der Waals surface area contributed by atoms with Crippen molar-refractivity contribution in [2.75, 3.05) is 5.32 Å². The largest absolute Gasteiger partial charge is 0.459 e. The van der Waals surface area contributed by atoms with E-state index >= 15 is 0 Å². The molecule has 19 heavy (non-hydrogen) atoms. The number of hydrogen-bond acceptors (Lipinski definition) is 3. The molecule has 3 heteroatoms. The predicted octanol–water partition coefficient (Wildman–Crippen LogP) is 3.85. The van der Waals surface area contributed by atoms with Crippen molar-refractivity contribution in [3.63, 3.8) is 0 Å². The van der Waals surface area contributed by atoms with Gasteiger partial charge in [-0.15, -0.1) is 0 Å². The zero-order valence-corrected chi connectivity index (χ0v) is 12.0. The molecule has 0 saturated heterocycles. The van der Waals surface area contributed by atoms with Crippen molar-refractivity contribution in [3.05, 3.63) is 29.8 Å². The lowest BCUT2D eigenvalue weighted by atomic mass is 10.1. The lowest BCUT2D eigenvalue weighted by Gasteiger charge is -2.18. The van der Waals surface area contributed by atoms with Crippen LogP contribution in [0.15, 0.2) is 24.3 Å². The molecule has 0 aromatic heterocycles. The van der Waals surface area contributed by atoms with Crippen LogP contribution in [0.3, 0.4) is 0 Å². The molecule has 3 nitrogen and oxygen atoms in total. The van der Waals surface area contributed by atoms with Crippen molar-refractivity contribution in [2.45, 2.75) is 52.2 Å². The van der Waals surface area contributed by atoms with Gasteiger partial charge in [-0.1, -0.05) is 13.3 Å². The molecule has 0 spiro atoms. The third-order valence-electron chi connectivity index (χ3n) is 3.68. The SMILES string of the molecule is CC(C)OC(=O)c1ccc(NC2CCCC2C)cc1. The van der Waals surface area contributed by atoms with E-state index in [1.54, 1.807) is 0 Å². The van der Waals surface area contributed by atoms with E-state index in [0.717, 1.165) is 11.6 Å². The van der Waals surface area contributed by atoms with Crippen molar-refractivity contribution < 1.29 is 9.53 Å². The number of carbonyl (C=O) groups is 1. The Labute approximate surface area is 115 Å². The minimum atomic E-state index is -0.254. The predicted molar refractivity (Wildman–Crippen MR) is 77.4 cm³/mol. The van der Waals surface area contributed by atoms with Crippen LogP contribution in [0.25, 0.3) is 0 Å². The van der Waals surface area contributed by atoms with Gasteiger partial charge in [0, 0.05) is 11.7 Å². The molecular weight excluding hydrogens is 238 g/mol. The standard InChI is InChI=1S/C16H23NO2/c1-11(2)19-16(18)13-7-9-14(10-8-13)17-15-6-4-5-12(15)3/h7-12,15,17H,4-6H2,1-3H3. The average Bonchev–Trinajstić information content (AvgIpc) is 2.75. The van der Waals surface area contributed by atoms with Gasteiger partial charge in [-0.05, 0) is 56.9 Å². The molecule has 1 aromatic rings. The maximum absolute atomic E-state index is 11.7. The molecule has 0 amide bonds. The Morgan fingerprint density at radius 1 is 1.26 bits per heavy atom. The number of hydrogen-bond donors (Lipinski definition) is 1. The maximum atomic E-state index is 11.7. The van der Waals surface area contributed by atoms with Crippen LogP contribution in [-0.2, 0) is 4.74 Å². The number of nitrogens with one attached hydrogen (secondary N) is 1. The number of anilines is 1. The second kappa shape index (κ2) is 6.09. The zero-order chi connectivity index (χ0) is 13.8. The van der Waals surface area contributed by atoms with E-state index in [-0.39, 0.29) is 12.1 Å². The molecule has 0 radical (unpaired) electrons. The third kappa shape index (κ3) is 3.72. The second-order valence-corrected chi connectivity index (χ2v) is 5.69. The van der Waals surface area contributed by atoms with Crippen LogP contribution in [0, 0.1) is 5.92 Å². The smallest absolute Gasteiger partial charge is 0.338 e. The molecule has 0 bridgehead atoms. The summed E-state index contributed by atoms with van der Waals surface area (Å²) in [6, 6.07) is 8.14. The van der Waals surface area contributed by atoms with Gasteiger partial charge in [-0.25, -0.2) is 4.79 Å². The number of benzene rings is 1. The zero-order valence-electron chi connectivity index (χ0n) is 12.0. The third-order valence-corrected chi connectivity index (χ3v) is 3.68. The number of ether oxygens (including phenoxy) is 1. The molecule has 2 atom stereocenters. The van der Waals surface area contributed by atoms with Gasteiger partial charge in [0.05, 0.1) is 11.7 Å². The van der Waals surface area contributed by atoms with Gasteiger partial charge in [0.1, 0.15) is 0 Å². The van der Waals surface area contributed by atoms with Crippen LogP contribution in [0.5, 0.6) is 0 Å². The van der Waals surface area contributed by atoms with Gasteiger partial charge >= 0.3 is 5.97 Å². The Morgan fingerprint density at radius 2 is 1.95 bits per heavy atom. The van der Waals surface area contributed by atoms with Crippen molar-refractivity contribution in [1.82, 2.24) is 0 Å². The summed E-state index contributed by atoms with van der Waals surface area (Å²) in [6.07, 6.45) is 3.76. The Balaban J connectivity index is 1.96. The molecule has 1 fully saturated rings. The summed E-state index contributed by atoms with van der Waals surface area (Å²) in [6.45, 7) is 6.00. The monoisotopic (exact) mass is 261 g/mol. The molecule has 1 aliphatic carbocycles. The fraction of sp³-hybridized carbons (Fsp3) is 0.562. The van der Waals surface area contributed by atoms with Crippen LogP contribution in [0.2, 0.25) is 0 Å². The summed E-state index contributed by atoms with van der Waals surface area (Å²) in [7, 11) is 0. The van der Waals surface area contributed by atoms with Crippen molar-refractivity contribution in [1.29, 1.82) is 0 Å². The quantitative estimate of drug-likeness (QED) is 0.837. The minimum Gasteiger partial charge on any atom is -0.459 e. The Morgan fingerprint density at radius 3 is 2.47 bits per heavy atom. The van der Waals surface area contributed by atoms with E-state index in [1.807, 2.05) is 38.1 Å². The number of rotatable bonds is 4. The lowest BCUT2D eigenvalue weighted by Crippen LogP contribution is -2.21. The summed E-state index contributed by atoms with van der Waals surface area (Å²) in [5, 5.41) is 3.55. The van der Waals surface area contributed by atoms with Gasteiger partial charge in [0.25, 0.3) is 0 Å². The molecule has 0 aliphatic heterocycles. The van der Waals surface area contributed by atoms with E-state index in [0.29, 0.717) is 11.6 Å². The average molecular weight is 261 g/mol. The first-order valence-corrected chi connectivity index (χ1v) is 7.14. The van der Waals surface area contributed by atoms with Crippen molar-refractivity contribution in [3.8, 4) is 0 Å². The van der Waals surface area contributed by atoms with E-state index in [2.05, 4.69) is 12.2 Å². The van der Waals surface area contributed by atoms with E-state index < -0.39 is 0 Å². The fourth-order valence-electron chi connectivity index (χ4n) is 2.56. The Kier molecular flexibility index (Phi) is 4.46. The Hall–Kier alpha value is -1.51. The molecule has 0 heterocycles. The molecule has 1 aromatic carbocycles. The van der Waals surface area contributed by atoms with Crippen LogP contribution in [0.4, 0.5) is 5.69 Å². The molecular formula is C16H23NO2. The van der Waals surface area contributed by atoms with Gasteiger partial charge in [0.15, 0.2) is 0 Å². The summed E-state index contributed by atoms with van der Waals surface area (Å²) in [5.74, 6) is 0.473. The fourth-order valence-corrected chi connectivity index (χ4v) is 2.56. The van der Waals surface area contributed by atoms with Gasteiger partial charge in [0.2, 0.25) is 0 Å². The molecule has 104 valence electrons. The molecule has 1 aliphatic rings. The van der Waals surface area contributed by atoms with Gasteiger partial charge < -0.3 is 10.1 Å². The topological polar surface area (TPSA) is 38.3 Å². The van der Waals surface area contributed by atoms with Gasteiger partial charge in [-0.2, -0.15) is 0 Å². The summed E-state index contributed by atoms with van der Waals surface area (Å²) in [5.41, 5.74) is 1.69. The number of esters is 1. The van der Waals surface area contributed by atoms with E-state index in [9.17, 15) is 4.79 Å². The van der Waals surface area contributed by atoms with Crippen LogP contribution < -0.4 is 5.32 Å². The minimum absolute atomic E-state index is 0.0790. The van der Waals surface area contributed by atoms with Crippen LogP contribution in [0.1, 0.15) is 50.4 Å². The van der Waals surface area contributed by atoms with Crippen LogP contribution in [-0.4, -0.2) is 18.1 Å². The molecule has 2 rings (SSSR count). The number of carbonyl (C=O) groups excluding carboxylic acids is 1. The Bertz CT molecular complexity index is 425. The first-order valence-electron chi connectivity index (χ1n) is 7.14. The first kappa shape index (κ1) is 13.9. The second-order valence-electron chi connectivity index (χ2n) is 5.69. The lowest BCUT2D eigenvalue weighted by molar-refractivity contribution is 0.0378. The highest BCUT2D eigenvalue weighted by Gasteiger charge is 2.22. The maximum Gasteiger partial charge on any atom is 0.338 e. The summed E-state index contributed by atoms with van der Waals surface area (Å²) < 4.78 is 5.17. The van der Waals surface area contributed by atoms with Crippen molar-refractivity contribution >= 4 is 11.7 Å². The highest BCUT2D eigenvalue weighted by molar-refractivity contribution is 5.89. The first-order chi connectivity index (χ1) is 9.06. The van der Waals surface area contributed by atoms with Gasteiger partial charge in [-0.3, -0.25) is 0 Å². The molecule has 2 unspecified atom stereocenters. The van der Waals surface area contributed by atoms with Crippen LogP contribution >= 0.6 is 0 Å². The normalized spacial score (nSPS) is 22.5. The molecule has 1 N–H and O–H groups in total. The summed E-state index contributed by atoms with van der Waals surface area (Å²) >= 11 is 0. The van der Waals surface area contributed by atoms with Crippen molar-refractivity contribution in [2.24, 2.45) is 5.92 Å². The highest BCUT2D eigenvalue weighted by atomic mass is 16.5. The van der Waals surface area contributed by atoms with E-state index in [4.69, 9.17) is 4.74 Å². The van der Waals surface area contributed by atoms with E-state index in [1.165, 1.54) is 19.3 Å². The highest BCUT2D eigenvalue weighted by Crippen LogP contribution is 2.28. The summed E-state index contributed by atoms with van der Waals surface area (Å²) in [4.78, 5) is 11.7.